The van der Waals surface area contributed by atoms with E-state index in [4.69, 9.17) is 19.6 Å². The number of benzene rings is 1. The fourth-order valence-corrected chi connectivity index (χ4v) is 3.27. The van der Waals surface area contributed by atoms with Gasteiger partial charge >= 0.3 is 0 Å². The SMILES string of the molecule is NC(=O)c1nc(-c2ccccc2F)oc1N1CCC2(CC1)OCCO2. The third kappa shape index (κ3) is 2.87. The Balaban J connectivity index is 1.63. The first-order valence-corrected chi connectivity index (χ1v) is 8.16. The van der Waals surface area contributed by atoms with E-state index < -0.39 is 17.5 Å². The van der Waals surface area contributed by atoms with Gasteiger partial charge in [0, 0.05) is 25.9 Å². The smallest absolute Gasteiger partial charge is 0.273 e. The van der Waals surface area contributed by atoms with Crippen molar-refractivity contribution in [1.29, 1.82) is 0 Å². The molecular formula is C17H18FN3O4. The van der Waals surface area contributed by atoms with Gasteiger partial charge in [-0.25, -0.2) is 9.37 Å². The highest BCUT2D eigenvalue weighted by Crippen LogP contribution is 2.36. The first kappa shape index (κ1) is 16.0. The second-order valence-electron chi connectivity index (χ2n) is 6.11. The van der Waals surface area contributed by atoms with E-state index in [1.54, 1.807) is 18.2 Å². The van der Waals surface area contributed by atoms with Crippen LogP contribution in [0.5, 0.6) is 0 Å². The van der Waals surface area contributed by atoms with Gasteiger partial charge in [0.2, 0.25) is 11.8 Å². The number of halogens is 1. The molecule has 4 rings (SSSR count). The Morgan fingerprint density at radius 3 is 2.52 bits per heavy atom. The van der Waals surface area contributed by atoms with Crippen LogP contribution in [0.3, 0.4) is 0 Å². The number of primary amides is 1. The van der Waals surface area contributed by atoms with Crippen LogP contribution in [0.4, 0.5) is 10.3 Å². The molecule has 8 heteroatoms. The van der Waals surface area contributed by atoms with Gasteiger partial charge in [0.1, 0.15) is 5.82 Å². The van der Waals surface area contributed by atoms with Gasteiger partial charge in [-0.3, -0.25) is 4.79 Å². The summed E-state index contributed by atoms with van der Waals surface area (Å²) < 4.78 is 31.1. The number of hydrogen-bond acceptors (Lipinski definition) is 6. The lowest BCUT2D eigenvalue weighted by Gasteiger charge is -2.37. The number of piperidine rings is 1. The third-order valence-corrected chi connectivity index (χ3v) is 4.57. The summed E-state index contributed by atoms with van der Waals surface area (Å²) in [6.45, 7) is 2.30. The Morgan fingerprint density at radius 2 is 1.88 bits per heavy atom. The summed E-state index contributed by atoms with van der Waals surface area (Å²) in [5, 5.41) is 0. The molecule has 0 bridgehead atoms. The lowest BCUT2D eigenvalue weighted by molar-refractivity contribution is -0.169. The number of carbonyl (C=O) groups excluding carboxylic acids is 1. The first-order valence-electron chi connectivity index (χ1n) is 8.16. The molecular weight excluding hydrogens is 329 g/mol. The van der Waals surface area contributed by atoms with E-state index >= 15 is 0 Å². The van der Waals surface area contributed by atoms with Crippen LogP contribution in [0.15, 0.2) is 28.7 Å². The number of nitrogens with two attached hydrogens (primary N) is 1. The van der Waals surface area contributed by atoms with Crippen LogP contribution < -0.4 is 10.6 Å². The summed E-state index contributed by atoms with van der Waals surface area (Å²) >= 11 is 0. The lowest BCUT2D eigenvalue weighted by Crippen LogP contribution is -2.45. The molecule has 2 aromatic rings. The third-order valence-electron chi connectivity index (χ3n) is 4.57. The molecule has 2 saturated heterocycles. The molecule has 2 fully saturated rings. The second-order valence-corrected chi connectivity index (χ2v) is 6.11. The van der Waals surface area contributed by atoms with Crippen LogP contribution >= 0.6 is 0 Å². The quantitative estimate of drug-likeness (QED) is 0.912. The molecule has 0 aliphatic carbocycles. The number of rotatable bonds is 3. The number of ether oxygens (including phenoxy) is 2. The summed E-state index contributed by atoms with van der Waals surface area (Å²) in [5.74, 6) is -1.43. The van der Waals surface area contributed by atoms with Gasteiger partial charge in [-0.1, -0.05) is 12.1 Å². The number of carbonyl (C=O) groups is 1. The number of anilines is 1. The highest BCUT2D eigenvalue weighted by atomic mass is 19.1. The van der Waals surface area contributed by atoms with Crippen molar-refractivity contribution in [3.05, 3.63) is 35.8 Å². The molecule has 2 aliphatic heterocycles. The summed E-state index contributed by atoms with van der Waals surface area (Å²) in [6.07, 6.45) is 1.28. The molecule has 3 heterocycles. The molecule has 0 atom stereocenters. The van der Waals surface area contributed by atoms with E-state index in [2.05, 4.69) is 4.98 Å². The molecule has 0 saturated carbocycles. The zero-order valence-corrected chi connectivity index (χ0v) is 13.5. The lowest BCUT2D eigenvalue weighted by atomic mass is 10.0. The van der Waals surface area contributed by atoms with Gasteiger partial charge in [0.05, 0.1) is 18.8 Å². The van der Waals surface area contributed by atoms with E-state index in [0.29, 0.717) is 39.1 Å². The van der Waals surface area contributed by atoms with Gasteiger partial charge < -0.3 is 24.5 Å². The van der Waals surface area contributed by atoms with E-state index in [-0.39, 0.29) is 23.0 Å². The van der Waals surface area contributed by atoms with Crippen LogP contribution in [0.2, 0.25) is 0 Å². The predicted octanol–water partition coefficient (Wildman–Crippen LogP) is 1.92. The molecule has 1 amide bonds. The molecule has 25 heavy (non-hydrogen) atoms. The average Bonchev–Trinajstić information content (AvgIpc) is 3.24. The maximum atomic E-state index is 14.0. The maximum absolute atomic E-state index is 14.0. The number of nitrogens with zero attached hydrogens (tertiary/aromatic N) is 2. The van der Waals surface area contributed by atoms with Crippen LogP contribution in [-0.4, -0.2) is 43.0 Å². The van der Waals surface area contributed by atoms with E-state index in [1.165, 1.54) is 6.07 Å². The second kappa shape index (κ2) is 6.12. The normalized spacial score (nSPS) is 19.5. The van der Waals surface area contributed by atoms with Crippen molar-refractivity contribution < 1.29 is 23.1 Å². The number of aromatic nitrogens is 1. The summed E-state index contributed by atoms with van der Waals surface area (Å²) in [4.78, 5) is 17.8. The number of hydrogen-bond donors (Lipinski definition) is 1. The van der Waals surface area contributed by atoms with Crippen molar-refractivity contribution in [2.75, 3.05) is 31.2 Å². The molecule has 2 aliphatic rings. The molecule has 1 aromatic carbocycles. The molecule has 0 radical (unpaired) electrons. The number of amides is 1. The van der Waals surface area contributed by atoms with Crippen LogP contribution in [-0.2, 0) is 9.47 Å². The van der Waals surface area contributed by atoms with Gasteiger partial charge in [-0.05, 0) is 12.1 Å². The first-order chi connectivity index (χ1) is 12.1. The zero-order valence-electron chi connectivity index (χ0n) is 13.5. The predicted molar refractivity (Wildman–Crippen MR) is 86.5 cm³/mol. The fraction of sp³-hybridized carbons (Fsp3) is 0.412. The van der Waals surface area contributed by atoms with Crippen molar-refractivity contribution in [2.24, 2.45) is 5.73 Å². The molecule has 2 N–H and O–H groups in total. The van der Waals surface area contributed by atoms with Crippen molar-refractivity contribution in [3.8, 4) is 11.5 Å². The Labute approximate surface area is 143 Å². The molecule has 1 spiro atoms. The van der Waals surface area contributed by atoms with E-state index in [9.17, 15) is 9.18 Å². The maximum Gasteiger partial charge on any atom is 0.273 e. The summed E-state index contributed by atoms with van der Waals surface area (Å²) in [7, 11) is 0. The van der Waals surface area contributed by atoms with Crippen molar-refractivity contribution in [1.82, 2.24) is 4.98 Å². The average molecular weight is 347 g/mol. The molecule has 7 nitrogen and oxygen atoms in total. The minimum absolute atomic E-state index is 0.00228. The van der Waals surface area contributed by atoms with Gasteiger partial charge in [0.15, 0.2) is 11.5 Å². The van der Waals surface area contributed by atoms with Crippen LogP contribution in [0, 0.1) is 5.82 Å². The minimum Gasteiger partial charge on any atom is -0.420 e. The zero-order chi connectivity index (χ0) is 17.4. The van der Waals surface area contributed by atoms with E-state index in [0.717, 1.165) is 0 Å². The summed E-state index contributed by atoms with van der Waals surface area (Å²) in [5.41, 5.74) is 5.62. The Kier molecular flexibility index (Phi) is 3.93. The highest BCUT2D eigenvalue weighted by molar-refractivity contribution is 5.96. The molecule has 1 aromatic heterocycles. The largest absolute Gasteiger partial charge is 0.420 e. The van der Waals surface area contributed by atoms with Crippen LogP contribution in [0.1, 0.15) is 23.3 Å². The topological polar surface area (TPSA) is 90.8 Å². The van der Waals surface area contributed by atoms with Gasteiger partial charge in [-0.15, -0.1) is 0 Å². The standard InChI is InChI=1S/C17H18FN3O4/c18-12-4-2-1-3-11(12)15-20-13(14(19)22)16(25-15)21-7-5-17(6-8-21)23-9-10-24-17/h1-4H,5-10H2,(H2,19,22). The monoisotopic (exact) mass is 347 g/mol. The minimum atomic E-state index is -0.713. The van der Waals surface area contributed by atoms with Gasteiger partial charge in [0.25, 0.3) is 5.91 Å². The Morgan fingerprint density at radius 1 is 1.20 bits per heavy atom. The Bertz CT molecular complexity index is 791. The molecule has 0 unspecified atom stereocenters. The van der Waals surface area contributed by atoms with Crippen molar-refractivity contribution in [2.45, 2.75) is 18.6 Å². The van der Waals surface area contributed by atoms with Crippen LogP contribution in [0.25, 0.3) is 11.5 Å². The highest BCUT2D eigenvalue weighted by Gasteiger charge is 2.41. The Hall–Kier alpha value is -2.45. The van der Waals surface area contributed by atoms with Crippen molar-refractivity contribution in [3.63, 3.8) is 0 Å². The number of oxazole rings is 1. The summed E-state index contributed by atoms with van der Waals surface area (Å²) in [6, 6.07) is 6.10. The van der Waals surface area contributed by atoms with Crippen molar-refractivity contribution >= 4 is 11.8 Å². The van der Waals surface area contributed by atoms with E-state index in [1.807, 2.05) is 4.90 Å². The van der Waals surface area contributed by atoms with Gasteiger partial charge in [-0.2, -0.15) is 0 Å². The fourth-order valence-electron chi connectivity index (χ4n) is 3.27. The molecule has 132 valence electrons.